The molecule has 2 aromatic heterocycles. The van der Waals surface area contributed by atoms with Crippen LogP contribution in [0.15, 0.2) is 45.5 Å². The third kappa shape index (κ3) is 4.41. The lowest BCUT2D eigenvalue weighted by Gasteiger charge is -2.16. The van der Waals surface area contributed by atoms with Crippen LogP contribution >= 0.6 is 0 Å². The summed E-state index contributed by atoms with van der Waals surface area (Å²) in [5, 5.41) is 15.8. The summed E-state index contributed by atoms with van der Waals surface area (Å²) in [5.41, 5.74) is 2.54. The van der Waals surface area contributed by atoms with Crippen LogP contribution in [0, 0.1) is 13.8 Å². The van der Waals surface area contributed by atoms with Gasteiger partial charge in [0, 0.05) is 12.8 Å². The maximum Gasteiger partial charge on any atom is 0.330 e. The van der Waals surface area contributed by atoms with Gasteiger partial charge in [-0.2, -0.15) is 4.98 Å². The van der Waals surface area contributed by atoms with Gasteiger partial charge in [0.05, 0.1) is 6.26 Å². The van der Waals surface area contributed by atoms with Crippen molar-refractivity contribution in [2.45, 2.75) is 32.7 Å². The van der Waals surface area contributed by atoms with Crippen LogP contribution in [0.25, 0.3) is 11.6 Å². The zero-order valence-electron chi connectivity index (χ0n) is 14.9. The average molecular weight is 369 g/mol. The minimum atomic E-state index is -1.12. The third-order valence-corrected chi connectivity index (χ3v) is 4.19. The standard InChI is InChI=1S/C19H19N3O5/c1-11-5-6-13(10-12(11)2)17(19(24)25)20-15(23)7-8-16-21-18(22-27-16)14-4-3-9-26-14/h3-6,9-10,17H,7-8H2,1-2H3,(H,20,23)(H,24,25). The monoisotopic (exact) mass is 369 g/mol. The van der Waals surface area contributed by atoms with E-state index in [1.165, 1.54) is 6.26 Å². The number of carboxylic acids is 1. The number of carboxylic acid groups (broad SMARTS) is 1. The molecule has 2 N–H and O–H groups in total. The average Bonchev–Trinajstić information content (AvgIpc) is 3.31. The molecule has 0 aliphatic rings. The van der Waals surface area contributed by atoms with Gasteiger partial charge in [-0.1, -0.05) is 23.4 Å². The first-order valence-corrected chi connectivity index (χ1v) is 8.40. The fourth-order valence-corrected chi connectivity index (χ4v) is 2.55. The van der Waals surface area contributed by atoms with Crippen molar-refractivity contribution in [3.05, 3.63) is 59.2 Å². The van der Waals surface area contributed by atoms with Crippen molar-refractivity contribution in [3.63, 3.8) is 0 Å². The first-order chi connectivity index (χ1) is 12.9. The second-order valence-electron chi connectivity index (χ2n) is 6.17. The quantitative estimate of drug-likeness (QED) is 0.657. The molecule has 0 saturated carbocycles. The molecule has 1 atom stereocenters. The van der Waals surface area contributed by atoms with E-state index >= 15 is 0 Å². The zero-order chi connectivity index (χ0) is 19.4. The van der Waals surface area contributed by atoms with Gasteiger partial charge in [0.1, 0.15) is 0 Å². The number of benzene rings is 1. The summed E-state index contributed by atoms with van der Waals surface area (Å²) >= 11 is 0. The highest BCUT2D eigenvalue weighted by Gasteiger charge is 2.23. The van der Waals surface area contributed by atoms with Crippen molar-refractivity contribution >= 4 is 11.9 Å². The Morgan fingerprint density at radius 1 is 1.22 bits per heavy atom. The Labute approximate surface area is 155 Å². The minimum Gasteiger partial charge on any atom is -0.479 e. The molecule has 0 aliphatic heterocycles. The Morgan fingerprint density at radius 3 is 2.70 bits per heavy atom. The number of carbonyl (C=O) groups excluding carboxylic acids is 1. The Kier molecular flexibility index (Phi) is 5.35. The van der Waals surface area contributed by atoms with Gasteiger partial charge in [0.2, 0.25) is 17.6 Å². The van der Waals surface area contributed by atoms with Gasteiger partial charge in [-0.25, -0.2) is 4.79 Å². The summed E-state index contributed by atoms with van der Waals surface area (Å²) in [7, 11) is 0. The Balaban J connectivity index is 1.61. The molecule has 2 heterocycles. The largest absolute Gasteiger partial charge is 0.479 e. The SMILES string of the molecule is Cc1ccc(C(NC(=O)CCc2nc(-c3ccco3)no2)C(=O)O)cc1C. The van der Waals surface area contributed by atoms with Crippen LogP contribution in [0.1, 0.15) is 35.0 Å². The van der Waals surface area contributed by atoms with E-state index in [-0.39, 0.29) is 18.7 Å². The molecule has 0 radical (unpaired) electrons. The van der Waals surface area contributed by atoms with Crippen LogP contribution in [0.3, 0.4) is 0 Å². The third-order valence-electron chi connectivity index (χ3n) is 4.19. The molecular formula is C19H19N3O5. The lowest BCUT2D eigenvalue weighted by atomic mass is 10.0. The van der Waals surface area contributed by atoms with E-state index < -0.39 is 17.9 Å². The fourth-order valence-electron chi connectivity index (χ4n) is 2.55. The zero-order valence-corrected chi connectivity index (χ0v) is 14.9. The van der Waals surface area contributed by atoms with Crippen molar-refractivity contribution in [2.75, 3.05) is 0 Å². The number of nitrogens with zero attached hydrogens (tertiary/aromatic N) is 2. The number of rotatable bonds is 7. The molecule has 140 valence electrons. The molecule has 0 saturated heterocycles. The molecule has 3 rings (SSSR count). The predicted molar refractivity (Wildman–Crippen MR) is 94.8 cm³/mol. The van der Waals surface area contributed by atoms with Gasteiger partial charge < -0.3 is 19.4 Å². The number of furan rings is 1. The lowest BCUT2D eigenvalue weighted by molar-refractivity contribution is -0.142. The molecule has 3 aromatic rings. The number of nitrogens with one attached hydrogen (secondary N) is 1. The molecule has 1 unspecified atom stereocenters. The Morgan fingerprint density at radius 2 is 2.04 bits per heavy atom. The van der Waals surface area contributed by atoms with E-state index in [0.717, 1.165) is 11.1 Å². The fraction of sp³-hybridized carbons (Fsp3) is 0.263. The first kappa shape index (κ1) is 18.4. The summed E-state index contributed by atoms with van der Waals surface area (Å²) < 4.78 is 10.3. The van der Waals surface area contributed by atoms with Gasteiger partial charge in [0.25, 0.3) is 0 Å². The molecule has 27 heavy (non-hydrogen) atoms. The highest BCUT2D eigenvalue weighted by molar-refractivity contribution is 5.84. The number of carbonyl (C=O) groups is 2. The molecule has 8 nitrogen and oxygen atoms in total. The van der Waals surface area contributed by atoms with Crippen LogP contribution < -0.4 is 5.32 Å². The number of hydrogen-bond donors (Lipinski definition) is 2. The van der Waals surface area contributed by atoms with E-state index in [1.807, 2.05) is 19.9 Å². The number of aliphatic carboxylic acids is 1. The molecule has 0 bridgehead atoms. The number of amides is 1. The maximum atomic E-state index is 12.2. The summed E-state index contributed by atoms with van der Waals surface area (Å²) in [6.07, 6.45) is 1.71. The second-order valence-corrected chi connectivity index (χ2v) is 6.17. The smallest absolute Gasteiger partial charge is 0.330 e. The second kappa shape index (κ2) is 7.86. The molecule has 1 amide bonds. The van der Waals surface area contributed by atoms with Gasteiger partial charge in [-0.05, 0) is 42.7 Å². The number of aryl methyl sites for hydroxylation is 3. The number of hydrogen-bond acceptors (Lipinski definition) is 6. The molecular weight excluding hydrogens is 350 g/mol. The molecule has 8 heteroatoms. The van der Waals surface area contributed by atoms with Crippen LogP contribution in [-0.2, 0) is 16.0 Å². The van der Waals surface area contributed by atoms with Crippen molar-refractivity contribution in [1.82, 2.24) is 15.5 Å². The molecule has 0 fully saturated rings. The summed E-state index contributed by atoms with van der Waals surface area (Å²) in [6, 6.07) is 7.59. The van der Waals surface area contributed by atoms with Gasteiger partial charge in [0.15, 0.2) is 11.8 Å². The van der Waals surface area contributed by atoms with E-state index in [2.05, 4.69) is 15.5 Å². The van der Waals surface area contributed by atoms with Crippen LogP contribution in [0.4, 0.5) is 0 Å². The summed E-state index contributed by atoms with van der Waals surface area (Å²) in [4.78, 5) is 27.9. The lowest BCUT2D eigenvalue weighted by Crippen LogP contribution is -2.34. The molecule has 0 aliphatic carbocycles. The maximum absolute atomic E-state index is 12.2. The van der Waals surface area contributed by atoms with Crippen LogP contribution in [-0.4, -0.2) is 27.1 Å². The predicted octanol–water partition coefficient (Wildman–Crippen LogP) is 2.82. The highest BCUT2D eigenvalue weighted by Crippen LogP contribution is 2.19. The first-order valence-electron chi connectivity index (χ1n) is 8.40. The molecule has 1 aromatic carbocycles. The van der Waals surface area contributed by atoms with Crippen LogP contribution in [0.5, 0.6) is 0 Å². The van der Waals surface area contributed by atoms with Gasteiger partial charge in [-0.3, -0.25) is 4.79 Å². The Hall–Kier alpha value is -3.42. The van der Waals surface area contributed by atoms with E-state index in [0.29, 0.717) is 17.1 Å². The minimum absolute atomic E-state index is 0.0222. The van der Waals surface area contributed by atoms with Gasteiger partial charge in [-0.15, -0.1) is 0 Å². The summed E-state index contributed by atoms with van der Waals surface area (Å²) in [6.45, 7) is 3.83. The van der Waals surface area contributed by atoms with Crippen molar-refractivity contribution in [3.8, 4) is 11.6 Å². The topological polar surface area (TPSA) is 118 Å². The number of aromatic nitrogens is 2. The van der Waals surface area contributed by atoms with Crippen LogP contribution in [0.2, 0.25) is 0 Å². The van der Waals surface area contributed by atoms with E-state index in [1.54, 1.807) is 24.3 Å². The van der Waals surface area contributed by atoms with E-state index in [9.17, 15) is 14.7 Å². The summed E-state index contributed by atoms with van der Waals surface area (Å²) in [5.74, 6) is -0.499. The van der Waals surface area contributed by atoms with Crippen molar-refractivity contribution < 1.29 is 23.6 Å². The normalized spacial score (nSPS) is 11.9. The van der Waals surface area contributed by atoms with E-state index in [4.69, 9.17) is 8.94 Å². The van der Waals surface area contributed by atoms with Crippen molar-refractivity contribution in [2.24, 2.45) is 0 Å². The highest BCUT2D eigenvalue weighted by atomic mass is 16.5. The Bertz CT molecular complexity index is 946. The van der Waals surface area contributed by atoms with Crippen molar-refractivity contribution in [1.29, 1.82) is 0 Å². The van der Waals surface area contributed by atoms with Gasteiger partial charge >= 0.3 is 5.97 Å². The molecule has 0 spiro atoms.